The molecule has 0 spiro atoms. The van der Waals surface area contributed by atoms with Gasteiger partial charge in [0.05, 0.1) is 39.4 Å². The molecule has 0 aliphatic heterocycles. The largest absolute Gasteiger partial charge is 0.456 e. The van der Waals surface area contributed by atoms with Gasteiger partial charge in [0.25, 0.3) is 0 Å². The van der Waals surface area contributed by atoms with Gasteiger partial charge in [0.1, 0.15) is 22.3 Å². The standard InChI is InChI=1S/C49H27N3O2/c50-28-29-21-30(23-31(22-29)51-42-17-7-2-12-33(42)37-26-48-39(24-44(37)51)35-14-4-9-19-46(35)53-48)32-11-1-6-16-41(32)52-43-18-8-3-13-34(43)38-27-49-40(25-45(38)52)36-15-5-10-20-47(36)54-49/h1-27H. The molecule has 0 atom stereocenters. The Morgan fingerprint density at radius 1 is 0.389 bits per heavy atom. The molecule has 0 aliphatic rings. The summed E-state index contributed by atoms with van der Waals surface area (Å²) in [6.45, 7) is 0. The summed E-state index contributed by atoms with van der Waals surface area (Å²) in [4.78, 5) is 0. The third kappa shape index (κ3) is 3.97. The number of hydrogen-bond donors (Lipinski definition) is 0. The molecule has 0 radical (unpaired) electrons. The molecule has 0 fully saturated rings. The molecular formula is C49H27N3O2. The lowest BCUT2D eigenvalue weighted by molar-refractivity contribution is 0.669. The van der Waals surface area contributed by atoms with Crippen LogP contribution in [-0.2, 0) is 0 Å². The van der Waals surface area contributed by atoms with Gasteiger partial charge in [-0.2, -0.15) is 5.26 Å². The number of para-hydroxylation sites is 5. The molecule has 0 N–H and O–H groups in total. The van der Waals surface area contributed by atoms with Gasteiger partial charge in [0, 0.05) is 54.3 Å². The molecule has 4 aromatic heterocycles. The molecular weight excluding hydrogens is 663 g/mol. The van der Waals surface area contributed by atoms with Crippen LogP contribution in [-0.4, -0.2) is 9.13 Å². The first-order valence-corrected chi connectivity index (χ1v) is 18.1. The monoisotopic (exact) mass is 689 g/mol. The zero-order chi connectivity index (χ0) is 35.5. The average molecular weight is 690 g/mol. The van der Waals surface area contributed by atoms with Crippen LogP contribution in [0.2, 0.25) is 0 Å². The van der Waals surface area contributed by atoms with Gasteiger partial charge in [-0.1, -0.05) is 91.0 Å². The van der Waals surface area contributed by atoms with Crippen molar-refractivity contribution in [3.05, 3.63) is 169 Å². The molecule has 12 aromatic rings. The van der Waals surface area contributed by atoms with Crippen LogP contribution in [0, 0.1) is 11.3 Å². The van der Waals surface area contributed by atoms with Crippen molar-refractivity contribution >= 4 is 87.5 Å². The molecule has 4 heterocycles. The molecule has 8 aromatic carbocycles. The highest BCUT2D eigenvalue weighted by molar-refractivity contribution is 6.18. The number of rotatable bonds is 3. The van der Waals surface area contributed by atoms with Gasteiger partial charge in [-0.05, 0) is 78.4 Å². The van der Waals surface area contributed by atoms with Gasteiger partial charge >= 0.3 is 0 Å². The lowest BCUT2D eigenvalue weighted by Crippen LogP contribution is -1.99. The normalized spacial score (nSPS) is 12.1. The van der Waals surface area contributed by atoms with Crippen LogP contribution in [0.15, 0.2) is 173 Å². The number of furan rings is 2. The van der Waals surface area contributed by atoms with Gasteiger partial charge in [0.2, 0.25) is 0 Å². The smallest absolute Gasteiger partial charge is 0.136 e. The molecule has 250 valence electrons. The van der Waals surface area contributed by atoms with E-state index in [1.807, 2.05) is 42.5 Å². The Morgan fingerprint density at radius 3 is 1.54 bits per heavy atom. The Morgan fingerprint density at radius 2 is 0.907 bits per heavy atom. The Labute approximate surface area is 307 Å². The lowest BCUT2D eigenvalue weighted by Gasteiger charge is -2.16. The summed E-state index contributed by atoms with van der Waals surface area (Å²) in [6, 6.07) is 59.5. The summed E-state index contributed by atoms with van der Waals surface area (Å²) in [7, 11) is 0. The van der Waals surface area contributed by atoms with E-state index in [0.29, 0.717) is 5.56 Å². The maximum Gasteiger partial charge on any atom is 0.136 e. The number of nitrogens with zero attached hydrogens (tertiary/aromatic N) is 3. The minimum atomic E-state index is 0.590. The van der Waals surface area contributed by atoms with Crippen LogP contribution in [0.5, 0.6) is 0 Å². The van der Waals surface area contributed by atoms with E-state index < -0.39 is 0 Å². The quantitative estimate of drug-likeness (QED) is 0.185. The third-order valence-electron chi connectivity index (χ3n) is 11.1. The van der Waals surface area contributed by atoms with E-state index in [1.54, 1.807) is 0 Å². The van der Waals surface area contributed by atoms with Crippen molar-refractivity contribution in [1.29, 1.82) is 5.26 Å². The summed E-state index contributed by atoms with van der Waals surface area (Å²) < 4.78 is 17.3. The lowest BCUT2D eigenvalue weighted by atomic mass is 10.00. The van der Waals surface area contributed by atoms with E-state index in [1.165, 1.54) is 0 Å². The summed E-state index contributed by atoms with van der Waals surface area (Å²) in [5, 5.41) is 19.3. The first-order valence-electron chi connectivity index (χ1n) is 18.1. The number of fused-ring (bicyclic) bond motifs is 12. The van der Waals surface area contributed by atoms with Crippen LogP contribution in [0.4, 0.5) is 0 Å². The average Bonchev–Trinajstić information content (AvgIpc) is 3.96. The molecule has 54 heavy (non-hydrogen) atoms. The fraction of sp³-hybridized carbons (Fsp3) is 0. The maximum atomic E-state index is 10.5. The molecule has 5 nitrogen and oxygen atoms in total. The number of nitriles is 1. The Hall–Kier alpha value is -7.55. The van der Waals surface area contributed by atoms with Crippen molar-refractivity contribution < 1.29 is 8.83 Å². The first-order chi connectivity index (χ1) is 26.7. The Balaban J connectivity index is 1.13. The molecule has 0 aliphatic carbocycles. The third-order valence-corrected chi connectivity index (χ3v) is 11.1. The summed E-state index contributed by atoms with van der Waals surface area (Å²) in [6.07, 6.45) is 0. The fourth-order valence-corrected chi connectivity index (χ4v) is 8.78. The minimum Gasteiger partial charge on any atom is -0.456 e. The van der Waals surface area contributed by atoms with Crippen molar-refractivity contribution in [3.63, 3.8) is 0 Å². The Bertz CT molecular complexity index is 3590. The second-order valence-corrected chi connectivity index (χ2v) is 14.0. The number of hydrogen-bond acceptors (Lipinski definition) is 3. The molecule has 0 saturated heterocycles. The van der Waals surface area contributed by atoms with Gasteiger partial charge in [0.15, 0.2) is 0 Å². The van der Waals surface area contributed by atoms with E-state index in [0.717, 1.165) is 110 Å². The molecule has 12 rings (SSSR count). The van der Waals surface area contributed by atoms with Crippen molar-refractivity contribution in [2.45, 2.75) is 0 Å². The van der Waals surface area contributed by atoms with Crippen LogP contribution in [0.25, 0.3) is 110 Å². The van der Waals surface area contributed by atoms with Gasteiger partial charge < -0.3 is 18.0 Å². The number of aromatic nitrogens is 2. The highest BCUT2D eigenvalue weighted by Crippen LogP contribution is 2.42. The van der Waals surface area contributed by atoms with E-state index in [-0.39, 0.29) is 0 Å². The van der Waals surface area contributed by atoms with E-state index in [2.05, 4.69) is 137 Å². The summed E-state index contributed by atoms with van der Waals surface area (Å²) >= 11 is 0. The highest BCUT2D eigenvalue weighted by atomic mass is 16.3. The van der Waals surface area contributed by atoms with Crippen LogP contribution in [0.1, 0.15) is 5.56 Å². The second-order valence-electron chi connectivity index (χ2n) is 14.0. The molecule has 5 heteroatoms. The molecule has 0 unspecified atom stereocenters. The number of benzene rings is 8. The second kappa shape index (κ2) is 10.7. The zero-order valence-electron chi connectivity index (χ0n) is 28.7. The van der Waals surface area contributed by atoms with Crippen LogP contribution in [0.3, 0.4) is 0 Å². The fourth-order valence-electron chi connectivity index (χ4n) is 8.78. The predicted molar refractivity (Wildman–Crippen MR) is 220 cm³/mol. The van der Waals surface area contributed by atoms with E-state index >= 15 is 0 Å². The van der Waals surface area contributed by atoms with Crippen LogP contribution >= 0.6 is 0 Å². The van der Waals surface area contributed by atoms with Gasteiger partial charge in [-0.15, -0.1) is 0 Å². The maximum absolute atomic E-state index is 10.5. The van der Waals surface area contributed by atoms with Crippen molar-refractivity contribution in [1.82, 2.24) is 9.13 Å². The molecule has 0 saturated carbocycles. The SMILES string of the molecule is N#Cc1cc(-c2ccccc2-n2c3ccccc3c3cc4oc5ccccc5c4cc32)cc(-n2c3ccccc3c3cc4oc5ccccc5c4cc32)c1. The first kappa shape index (κ1) is 29.1. The van der Waals surface area contributed by atoms with Crippen molar-refractivity contribution in [3.8, 4) is 28.6 Å². The van der Waals surface area contributed by atoms with E-state index in [4.69, 9.17) is 8.83 Å². The summed E-state index contributed by atoms with van der Waals surface area (Å²) in [5.41, 5.74) is 12.3. The van der Waals surface area contributed by atoms with Gasteiger partial charge in [-0.3, -0.25) is 0 Å². The topological polar surface area (TPSA) is 59.9 Å². The van der Waals surface area contributed by atoms with E-state index in [9.17, 15) is 5.26 Å². The zero-order valence-corrected chi connectivity index (χ0v) is 28.7. The van der Waals surface area contributed by atoms with Crippen molar-refractivity contribution in [2.75, 3.05) is 0 Å². The summed E-state index contributed by atoms with van der Waals surface area (Å²) in [5.74, 6) is 0. The van der Waals surface area contributed by atoms with Gasteiger partial charge in [-0.25, -0.2) is 0 Å². The highest BCUT2D eigenvalue weighted by Gasteiger charge is 2.21. The van der Waals surface area contributed by atoms with Crippen molar-refractivity contribution in [2.24, 2.45) is 0 Å². The minimum absolute atomic E-state index is 0.590. The molecule has 0 bridgehead atoms. The molecule has 0 amide bonds. The predicted octanol–water partition coefficient (Wildman–Crippen LogP) is 13.2. The van der Waals surface area contributed by atoms with Crippen LogP contribution < -0.4 is 0 Å². The Kier molecular flexibility index (Phi) is 5.78.